The van der Waals surface area contributed by atoms with Crippen molar-refractivity contribution in [3.63, 3.8) is 0 Å². The van der Waals surface area contributed by atoms with Gasteiger partial charge in [-0.2, -0.15) is 0 Å². The van der Waals surface area contributed by atoms with Crippen LogP contribution in [-0.2, 0) is 6.42 Å². The maximum atomic E-state index is 12.0. The number of urea groups is 1. The lowest BCUT2D eigenvalue weighted by Crippen LogP contribution is -2.39. The van der Waals surface area contributed by atoms with Crippen LogP contribution in [0.15, 0.2) is 0 Å². The fourth-order valence-corrected chi connectivity index (χ4v) is 4.42. The van der Waals surface area contributed by atoms with E-state index in [2.05, 4.69) is 27.8 Å². The van der Waals surface area contributed by atoms with Gasteiger partial charge in [0, 0.05) is 12.5 Å². The molecular weight excluding hydrogens is 296 g/mol. The van der Waals surface area contributed by atoms with Gasteiger partial charge < -0.3 is 5.32 Å². The van der Waals surface area contributed by atoms with Gasteiger partial charge in [-0.05, 0) is 37.5 Å². The Bertz CT molecular complexity index is 490. The molecule has 1 aromatic heterocycles. The maximum Gasteiger partial charge on any atom is 0.321 e. The lowest BCUT2D eigenvalue weighted by Gasteiger charge is -2.26. The van der Waals surface area contributed by atoms with Crippen LogP contribution in [0.25, 0.3) is 0 Å². The highest BCUT2D eigenvalue weighted by Gasteiger charge is 2.21. The molecule has 2 amide bonds. The maximum absolute atomic E-state index is 12.0. The molecule has 2 aliphatic rings. The molecule has 1 heterocycles. The molecule has 0 aromatic carbocycles. The molecule has 5 nitrogen and oxygen atoms in total. The molecule has 22 heavy (non-hydrogen) atoms. The molecule has 1 aromatic rings. The molecule has 2 aliphatic carbocycles. The Morgan fingerprint density at radius 2 is 1.86 bits per heavy atom. The Morgan fingerprint density at radius 1 is 1.14 bits per heavy atom. The van der Waals surface area contributed by atoms with Crippen molar-refractivity contribution in [2.45, 2.75) is 70.8 Å². The number of nitrogens with zero attached hydrogens (tertiary/aromatic N) is 2. The van der Waals surface area contributed by atoms with Crippen LogP contribution < -0.4 is 10.6 Å². The predicted molar refractivity (Wildman–Crippen MR) is 89.1 cm³/mol. The molecule has 3 rings (SSSR count). The minimum absolute atomic E-state index is 0.136. The lowest BCUT2D eigenvalue weighted by atomic mass is 9.87. The van der Waals surface area contributed by atoms with Crippen LogP contribution in [0.3, 0.4) is 0 Å². The zero-order valence-electron chi connectivity index (χ0n) is 13.3. The van der Waals surface area contributed by atoms with Gasteiger partial charge in [0.2, 0.25) is 5.13 Å². The summed E-state index contributed by atoms with van der Waals surface area (Å²) in [5.74, 6) is 1.56. The topological polar surface area (TPSA) is 66.9 Å². The molecule has 0 atom stereocenters. The highest BCUT2D eigenvalue weighted by Crippen LogP contribution is 2.29. The SMILES string of the molecule is CC1CCC(NC(=O)Nc2nnc(CC3CCCC3)s2)CC1. The van der Waals surface area contributed by atoms with Crippen LogP contribution in [0.2, 0.25) is 0 Å². The molecule has 0 saturated heterocycles. The van der Waals surface area contributed by atoms with Crippen molar-refractivity contribution in [2.24, 2.45) is 11.8 Å². The van der Waals surface area contributed by atoms with Gasteiger partial charge in [0.05, 0.1) is 0 Å². The second kappa shape index (κ2) is 7.40. The van der Waals surface area contributed by atoms with Crippen molar-refractivity contribution < 1.29 is 4.79 Å². The fourth-order valence-electron chi connectivity index (χ4n) is 3.57. The summed E-state index contributed by atoms with van der Waals surface area (Å²) in [6.07, 6.45) is 10.9. The zero-order chi connectivity index (χ0) is 15.4. The van der Waals surface area contributed by atoms with Gasteiger partial charge in [-0.3, -0.25) is 5.32 Å². The standard InChI is InChI=1S/C16H26N4OS/c1-11-6-8-13(9-7-11)17-15(21)18-16-20-19-14(22-16)10-12-4-2-3-5-12/h11-13H,2-10H2,1H3,(H2,17,18,20,21). The van der Waals surface area contributed by atoms with E-state index in [9.17, 15) is 4.79 Å². The van der Waals surface area contributed by atoms with Gasteiger partial charge in [0.25, 0.3) is 0 Å². The zero-order valence-corrected chi connectivity index (χ0v) is 14.1. The Balaban J connectivity index is 1.44. The minimum atomic E-state index is -0.136. The smallest absolute Gasteiger partial charge is 0.321 e. The summed E-state index contributed by atoms with van der Waals surface area (Å²) in [4.78, 5) is 12.0. The van der Waals surface area contributed by atoms with Gasteiger partial charge in [-0.25, -0.2) is 4.79 Å². The van der Waals surface area contributed by atoms with E-state index in [0.29, 0.717) is 11.2 Å². The quantitative estimate of drug-likeness (QED) is 0.881. The van der Waals surface area contributed by atoms with Crippen molar-refractivity contribution in [1.29, 1.82) is 0 Å². The van der Waals surface area contributed by atoms with Crippen molar-refractivity contribution in [1.82, 2.24) is 15.5 Å². The van der Waals surface area contributed by atoms with E-state index in [-0.39, 0.29) is 6.03 Å². The Morgan fingerprint density at radius 3 is 2.59 bits per heavy atom. The first-order valence-corrected chi connectivity index (χ1v) is 9.40. The van der Waals surface area contributed by atoms with Crippen LogP contribution in [0.5, 0.6) is 0 Å². The van der Waals surface area contributed by atoms with E-state index in [1.165, 1.54) is 49.9 Å². The molecule has 0 unspecified atom stereocenters. The fraction of sp³-hybridized carbons (Fsp3) is 0.812. The normalized spacial score (nSPS) is 26.0. The van der Waals surface area contributed by atoms with E-state index in [4.69, 9.17) is 0 Å². The van der Waals surface area contributed by atoms with E-state index >= 15 is 0 Å². The third-order valence-corrected chi connectivity index (χ3v) is 5.84. The van der Waals surface area contributed by atoms with E-state index < -0.39 is 0 Å². The summed E-state index contributed by atoms with van der Waals surface area (Å²) in [6, 6.07) is 0.171. The highest BCUT2D eigenvalue weighted by molar-refractivity contribution is 7.15. The average Bonchev–Trinajstić information content (AvgIpc) is 3.14. The summed E-state index contributed by atoms with van der Waals surface area (Å²) in [5.41, 5.74) is 0. The lowest BCUT2D eigenvalue weighted by molar-refractivity contribution is 0.239. The first-order chi connectivity index (χ1) is 10.7. The van der Waals surface area contributed by atoms with Crippen LogP contribution in [0.1, 0.15) is 63.3 Å². The van der Waals surface area contributed by atoms with E-state index in [1.807, 2.05) is 0 Å². The van der Waals surface area contributed by atoms with Crippen molar-refractivity contribution in [2.75, 3.05) is 5.32 Å². The molecule has 6 heteroatoms. The molecule has 0 radical (unpaired) electrons. The first-order valence-electron chi connectivity index (χ1n) is 8.59. The Hall–Kier alpha value is -1.17. The number of nitrogens with one attached hydrogen (secondary N) is 2. The van der Waals surface area contributed by atoms with Crippen molar-refractivity contribution >= 4 is 22.5 Å². The average molecular weight is 322 g/mol. The monoisotopic (exact) mass is 322 g/mol. The van der Waals surface area contributed by atoms with Gasteiger partial charge in [0.1, 0.15) is 5.01 Å². The van der Waals surface area contributed by atoms with Crippen molar-refractivity contribution in [3.8, 4) is 0 Å². The van der Waals surface area contributed by atoms with E-state index in [1.54, 1.807) is 0 Å². The summed E-state index contributed by atoms with van der Waals surface area (Å²) in [6.45, 7) is 2.28. The molecular formula is C16H26N4OS. The molecule has 0 spiro atoms. The number of hydrogen-bond donors (Lipinski definition) is 2. The van der Waals surface area contributed by atoms with Crippen LogP contribution in [-0.4, -0.2) is 22.3 Å². The van der Waals surface area contributed by atoms with Crippen LogP contribution >= 0.6 is 11.3 Å². The van der Waals surface area contributed by atoms with Crippen LogP contribution in [0.4, 0.5) is 9.93 Å². The number of hydrogen-bond acceptors (Lipinski definition) is 4. The number of carbonyl (C=O) groups excluding carboxylic acids is 1. The third-order valence-electron chi connectivity index (χ3n) is 4.98. The molecule has 2 fully saturated rings. The molecule has 122 valence electrons. The van der Waals surface area contributed by atoms with E-state index in [0.717, 1.165) is 36.1 Å². The largest absolute Gasteiger partial charge is 0.335 e. The second-order valence-corrected chi connectivity index (χ2v) is 7.97. The van der Waals surface area contributed by atoms with Crippen LogP contribution in [0, 0.1) is 11.8 Å². The third kappa shape index (κ3) is 4.41. The number of aromatic nitrogens is 2. The highest BCUT2D eigenvalue weighted by atomic mass is 32.1. The minimum Gasteiger partial charge on any atom is -0.335 e. The summed E-state index contributed by atoms with van der Waals surface area (Å²) < 4.78 is 0. The number of carbonyl (C=O) groups is 1. The Labute approximate surface area is 136 Å². The van der Waals surface area contributed by atoms with Gasteiger partial charge in [-0.1, -0.05) is 43.9 Å². The predicted octanol–water partition coefficient (Wildman–Crippen LogP) is 3.97. The second-order valence-electron chi connectivity index (χ2n) is 6.91. The molecule has 0 bridgehead atoms. The summed E-state index contributed by atoms with van der Waals surface area (Å²) >= 11 is 1.52. The Kier molecular flexibility index (Phi) is 5.28. The van der Waals surface area contributed by atoms with Gasteiger partial charge in [-0.15, -0.1) is 10.2 Å². The molecule has 2 N–H and O–H groups in total. The van der Waals surface area contributed by atoms with Gasteiger partial charge >= 0.3 is 6.03 Å². The molecule has 0 aliphatic heterocycles. The van der Waals surface area contributed by atoms with Crippen molar-refractivity contribution in [3.05, 3.63) is 5.01 Å². The number of anilines is 1. The van der Waals surface area contributed by atoms with Gasteiger partial charge in [0.15, 0.2) is 0 Å². The number of amides is 2. The summed E-state index contributed by atoms with van der Waals surface area (Å²) in [7, 11) is 0. The first kappa shape index (κ1) is 15.7. The number of rotatable bonds is 4. The summed E-state index contributed by atoms with van der Waals surface area (Å²) in [5, 5.41) is 15.9. The molecule has 2 saturated carbocycles.